The van der Waals surface area contributed by atoms with Crippen LogP contribution in [0.15, 0.2) is 58.7 Å². The smallest absolute Gasteiger partial charge is 0.250 e. The molecule has 2 fully saturated rings. The Morgan fingerprint density at radius 3 is 2.24 bits per heavy atom. The van der Waals surface area contributed by atoms with Gasteiger partial charge < -0.3 is 0 Å². The highest BCUT2D eigenvalue weighted by Crippen LogP contribution is 2.51. The number of nitrogens with zero attached hydrogens (tertiary/aromatic N) is 4. The van der Waals surface area contributed by atoms with E-state index < -0.39 is 0 Å². The molecule has 1 saturated heterocycles. The molecule has 3 aliphatic heterocycles. The summed E-state index contributed by atoms with van der Waals surface area (Å²) in [4.78, 5) is 13.9. The molecule has 5 heteroatoms. The Kier molecular flexibility index (Phi) is 3.83. The molecule has 1 saturated carbocycles. The molecule has 0 spiro atoms. The van der Waals surface area contributed by atoms with Crippen LogP contribution >= 0.6 is 0 Å². The zero-order valence-corrected chi connectivity index (χ0v) is 16.3. The van der Waals surface area contributed by atoms with Gasteiger partial charge in [0.1, 0.15) is 0 Å². The molecule has 0 N–H and O–H groups in total. The van der Waals surface area contributed by atoms with Gasteiger partial charge in [-0.1, -0.05) is 67.8 Å². The van der Waals surface area contributed by atoms with Gasteiger partial charge in [0.05, 0.1) is 24.4 Å². The summed E-state index contributed by atoms with van der Waals surface area (Å²) >= 11 is 0. The molecule has 2 aromatic carbocycles. The Labute approximate surface area is 170 Å². The first-order valence-corrected chi connectivity index (χ1v) is 10.7. The molecule has 4 aliphatic rings. The lowest BCUT2D eigenvalue weighted by Crippen LogP contribution is -2.56. The summed E-state index contributed by atoms with van der Waals surface area (Å²) in [5.74, 6) is 0.437. The second-order valence-corrected chi connectivity index (χ2v) is 8.55. The van der Waals surface area contributed by atoms with Crippen LogP contribution in [0.2, 0.25) is 0 Å². The van der Waals surface area contributed by atoms with Crippen molar-refractivity contribution in [2.75, 3.05) is 0 Å². The lowest BCUT2D eigenvalue weighted by atomic mass is 9.72. The summed E-state index contributed by atoms with van der Waals surface area (Å²) in [6.45, 7) is 0. The van der Waals surface area contributed by atoms with E-state index in [0.29, 0.717) is 5.92 Å². The topological polar surface area (TPSA) is 48.3 Å². The van der Waals surface area contributed by atoms with Crippen molar-refractivity contribution in [1.29, 1.82) is 0 Å². The summed E-state index contributed by atoms with van der Waals surface area (Å²) in [6.07, 6.45) is 9.42. The number of hydrazone groups is 2. The van der Waals surface area contributed by atoms with E-state index in [1.807, 2.05) is 30.6 Å². The molecule has 0 radical (unpaired) electrons. The van der Waals surface area contributed by atoms with Crippen LogP contribution < -0.4 is 0 Å². The van der Waals surface area contributed by atoms with E-state index in [-0.39, 0.29) is 24.0 Å². The van der Waals surface area contributed by atoms with E-state index in [9.17, 15) is 4.79 Å². The summed E-state index contributed by atoms with van der Waals surface area (Å²) in [5.41, 5.74) is 4.51. The zero-order valence-electron chi connectivity index (χ0n) is 16.3. The third kappa shape index (κ3) is 2.49. The molecular weight excluding hydrogens is 360 g/mol. The molecule has 3 heterocycles. The predicted molar refractivity (Wildman–Crippen MR) is 112 cm³/mol. The van der Waals surface area contributed by atoms with Crippen LogP contribution in [0.5, 0.6) is 0 Å². The van der Waals surface area contributed by atoms with Gasteiger partial charge in [0.25, 0.3) is 5.91 Å². The average molecular weight is 384 g/mol. The van der Waals surface area contributed by atoms with E-state index in [2.05, 4.69) is 40.4 Å². The fourth-order valence-electron chi connectivity index (χ4n) is 5.67. The lowest BCUT2D eigenvalue weighted by Gasteiger charge is -2.52. The van der Waals surface area contributed by atoms with Crippen LogP contribution in [0, 0.1) is 11.8 Å². The maximum Gasteiger partial charge on any atom is 0.250 e. The first-order valence-electron chi connectivity index (χ1n) is 10.7. The predicted octanol–water partition coefficient (Wildman–Crippen LogP) is 4.46. The summed E-state index contributed by atoms with van der Waals surface area (Å²) < 4.78 is 0. The van der Waals surface area contributed by atoms with Gasteiger partial charge >= 0.3 is 0 Å². The van der Waals surface area contributed by atoms with Crippen molar-refractivity contribution >= 4 is 18.3 Å². The largest absolute Gasteiger partial charge is 0.272 e. The normalized spacial score (nSPS) is 27.9. The summed E-state index contributed by atoms with van der Waals surface area (Å²) in [7, 11) is 0. The second-order valence-electron chi connectivity index (χ2n) is 8.55. The van der Waals surface area contributed by atoms with E-state index >= 15 is 0 Å². The maximum atomic E-state index is 13.9. The molecule has 29 heavy (non-hydrogen) atoms. The number of hydrogen-bond acceptors (Lipinski definition) is 4. The number of hydrogen-bond donors (Lipinski definition) is 0. The maximum absolute atomic E-state index is 13.9. The van der Waals surface area contributed by atoms with Gasteiger partial charge in [0.15, 0.2) is 6.17 Å². The third-order valence-corrected chi connectivity index (χ3v) is 7.02. The van der Waals surface area contributed by atoms with Crippen molar-refractivity contribution in [1.82, 2.24) is 10.0 Å². The van der Waals surface area contributed by atoms with Crippen molar-refractivity contribution < 1.29 is 4.79 Å². The minimum Gasteiger partial charge on any atom is -0.272 e. The molecule has 2 aromatic rings. The van der Waals surface area contributed by atoms with Crippen LogP contribution in [0.4, 0.5) is 0 Å². The molecule has 146 valence electrons. The van der Waals surface area contributed by atoms with Crippen molar-refractivity contribution in [3.05, 3.63) is 70.8 Å². The van der Waals surface area contributed by atoms with Gasteiger partial charge in [-0.2, -0.15) is 10.2 Å². The fourth-order valence-corrected chi connectivity index (χ4v) is 5.67. The number of rotatable bonds is 1. The van der Waals surface area contributed by atoms with E-state index in [1.54, 1.807) is 5.01 Å². The Hall–Kier alpha value is -2.95. The quantitative estimate of drug-likeness (QED) is 0.729. The summed E-state index contributed by atoms with van der Waals surface area (Å²) in [5, 5.41) is 13.4. The van der Waals surface area contributed by atoms with Gasteiger partial charge in [0, 0.05) is 11.1 Å². The Morgan fingerprint density at radius 1 is 0.793 bits per heavy atom. The fraction of sp³-hybridized carbons (Fsp3) is 0.375. The Balaban J connectivity index is 1.53. The first kappa shape index (κ1) is 17.0. The minimum atomic E-state index is -0.279. The molecule has 0 bridgehead atoms. The van der Waals surface area contributed by atoms with E-state index in [4.69, 9.17) is 5.10 Å². The van der Waals surface area contributed by atoms with Crippen molar-refractivity contribution in [2.45, 2.75) is 44.3 Å². The van der Waals surface area contributed by atoms with Crippen molar-refractivity contribution in [3.63, 3.8) is 0 Å². The lowest BCUT2D eigenvalue weighted by molar-refractivity contribution is -0.165. The zero-order chi connectivity index (χ0) is 19.4. The molecule has 3 atom stereocenters. The van der Waals surface area contributed by atoms with Crippen LogP contribution in [0.1, 0.15) is 66.6 Å². The van der Waals surface area contributed by atoms with Crippen LogP contribution in [-0.4, -0.2) is 28.4 Å². The van der Waals surface area contributed by atoms with E-state index in [0.717, 1.165) is 29.5 Å². The monoisotopic (exact) mass is 384 g/mol. The molecule has 5 nitrogen and oxygen atoms in total. The molecule has 1 amide bonds. The number of carbonyl (C=O) groups is 1. The SMILES string of the molecule is O=C1[C@@H](C2CCCCC2)[C@@H]2c3ccccc3C=NN2[C@@H]2c3ccccc3C=NN12. The highest BCUT2D eigenvalue weighted by Gasteiger charge is 2.53. The van der Waals surface area contributed by atoms with Crippen molar-refractivity contribution in [3.8, 4) is 0 Å². The number of amides is 1. The molecule has 1 aliphatic carbocycles. The van der Waals surface area contributed by atoms with Crippen LogP contribution in [-0.2, 0) is 4.79 Å². The standard InChI is InChI=1S/C24H24N4O/c29-24-21(16-8-2-1-3-9-16)22-19-12-6-4-10-17(19)14-25-27(22)23-20-13-7-5-11-18(20)15-26-28(23)24/h4-7,10-16,21-23H,1-3,8-9H2/t21-,22-,23-/m0/s1. The van der Waals surface area contributed by atoms with E-state index in [1.165, 1.54) is 24.8 Å². The minimum absolute atomic E-state index is 0.0330. The van der Waals surface area contributed by atoms with Gasteiger partial charge in [-0.3, -0.25) is 9.80 Å². The summed E-state index contributed by atoms with van der Waals surface area (Å²) in [6, 6.07) is 16.6. The molecular formula is C24H24N4O. The van der Waals surface area contributed by atoms with Gasteiger partial charge in [-0.15, -0.1) is 0 Å². The molecule has 6 rings (SSSR count). The number of benzene rings is 2. The van der Waals surface area contributed by atoms with Crippen LogP contribution in [0.3, 0.4) is 0 Å². The Morgan fingerprint density at radius 2 is 1.45 bits per heavy atom. The van der Waals surface area contributed by atoms with Gasteiger partial charge in [-0.25, -0.2) is 5.01 Å². The highest BCUT2D eigenvalue weighted by atomic mass is 16.2. The van der Waals surface area contributed by atoms with Crippen LogP contribution in [0.25, 0.3) is 0 Å². The molecule has 0 unspecified atom stereocenters. The second kappa shape index (κ2) is 6.55. The van der Waals surface area contributed by atoms with Gasteiger partial charge in [0.2, 0.25) is 0 Å². The highest BCUT2D eigenvalue weighted by molar-refractivity contribution is 5.90. The van der Waals surface area contributed by atoms with Crippen molar-refractivity contribution in [2.24, 2.45) is 22.0 Å². The third-order valence-electron chi connectivity index (χ3n) is 7.02. The average Bonchev–Trinajstić information content (AvgIpc) is 2.79. The molecule has 0 aromatic heterocycles. The first-order chi connectivity index (χ1) is 14.3. The van der Waals surface area contributed by atoms with Gasteiger partial charge in [-0.05, 0) is 29.9 Å². The number of carbonyl (C=O) groups excluding carboxylic acids is 1. The Bertz CT molecular complexity index is 1020. The number of fused-ring (bicyclic) bond motifs is 7.